The van der Waals surface area contributed by atoms with Gasteiger partial charge in [-0.15, -0.1) is 0 Å². The van der Waals surface area contributed by atoms with E-state index in [9.17, 15) is 9.59 Å². The third-order valence-electron chi connectivity index (χ3n) is 5.74. The molecule has 0 bridgehead atoms. The minimum Gasteiger partial charge on any atom is -0.323 e. The van der Waals surface area contributed by atoms with Crippen molar-refractivity contribution in [3.8, 4) is 22.5 Å². The van der Waals surface area contributed by atoms with Crippen LogP contribution in [0, 0.1) is 18.8 Å². The number of carbonyl (C=O) groups excluding carboxylic acids is 1. The summed E-state index contributed by atoms with van der Waals surface area (Å²) in [7, 11) is 1.80. The average molecular weight is 446 g/mol. The lowest BCUT2D eigenvalue weighted by Crippen LogP contribution is -2.24. The molecule has 0 spiro atoms. The van der Waals surface area contributed by atoms with Crippen molar-refractivity contribution in [2.24, 2.45) is 18.9 Å². The fraction of sp³-hybridized carbons (Fsp3) is 0.346. The van der Waals surface area contributed by atoms with Crippen molar-refractivity contribution in [2.75, 3.05) is 5.32 Å². The minimum atomic E-state index is -0.160. The Balaban J connectivity index is 1.88. The molecule has 7 nitrogen and oxygen atoms in total. The second-order valence-electron chi connectivity index (χ2n) is 9.37. The van der Waals surface area contributed by atoms with E-state index in [1.807, 2.05) is 61.7 Å². The SMILES string of the molecule is Cc1cccc(-c2nc(NC(=O)C(C)C)[nH]c2-c2ccc3c(c2)n(C)c(=O)n3CC(C)C)c1. The minimum absolute atomic E-state index is 0.0238. The molecular formula is C26H31N5O2. The summed E-state index contributed by atoms with van der Waals surface area (Å²) in [5.41, 5.74) is 6.27. The van der Waals surface area contributed by atoms with Crippen molar-refractivity contribution >= 4 is 22.9 Å². The van der Waals surface area contributed by atoms with E-state index in [1.54, 1.807) is 11.6 Å². The van der Waals surface area contributed by atoms with Gasteiger partial charge in [0.15, 0.2) is 0 Å². The van der Waals surface area contributed by atoms with Crippen LogP contribution < -0.4 is 11.0 Å². The van der Waals surface area contributed by atoms with Crippen LogP contribution >= 0.6 is 0 Å². The van der Waals surface area contributed by atoms with Gasteiger partial charge in [0, 0.05) is 30.6 Å². The molecule has 7 heteroatoms. The highest BCUT2D eigenvalue weighted by Gasteiger charge is 2.19. The van der Waals surface area contributed by atoms with Crippen molar-refractivity contribution in [3.63, 3.8) is 0 Å². The zero-order chi connectivity index (χ0) is 23.9. The van der Waals surface area contributed by atoms with Crippen molar-refractivity contribution < 1.29 is 4.79 Å². The Morgan fingerprint density at radius 2 is 1.82 bits per heavy atom. The van der Waals surface area contributed by atoms with E-state index >= 15 is 0 Å². The third-order valence-corrected chi connectivity index (χ3v) is 5.74. The highest BCUT2D eigenvalue weighted by atomic mass is 16.2. The predicted molar refractivity (Wildman–Crippen MR) is 133 cm³/mol. The molecule has 1 amide bonds. The third kappa shape index (κ3) is 4.35. The fourth-order valence-electron chi connectivity index (χ4n) is 4.01. The van der Waals surface area contributed by atoms with Crippen molar-refractivity contribution in [2.45, 2.75) is 41.2 Å². The van der Waals surface area contributed by atoms with Gasteiger partial charge >= 0.3 is 5.69 Å². The van der Waals surface area contributed by atoms with Gasteiger partial charge in [-0.05, 0) is 31.0 Å². The van der Waals surface area contributed by atoms with Crippen LogP contribution in [0.4, 0.5) is 5.95 Å². The first kappa shape index (κ1) is 22.6. The number of benzene rings is 2. The van der Waals surface area contributed by atoms with Gasteiger partial charge in [-0.2, -0.15) is 0 Å². The van der Waals surface area contributed by atoms with Crippen LogP contribution in [0.25, 0.3) is 33.5 Å². The summed E-state index contributed by atoms with van der Waals surface area (Å²) in [6.07, 6.45) is 0. The number of hydrogen-bond acceptors (Lipinski definition) is 3. The number of fused-ring (bicyclic) bond motifs is 1. The molecule has 0 radical (unpaired) electrons. The van der Waals surface area contributed by atoms with E-state index in [0.29, 0.717) is 18.4 Å². The normalized spacial score (nSPS) is 11.6. The molecule has 172 valence electrons. The molecule has 2 heterocycles. The topological polar surface area (TPSA) is 84.7 Å². The van der Waals surface area contributed by atoms with E-state index in [1.165, 1.54) is 0 Å². The van der Waals surface area contributed by atoms with Gasteiger partial charge in [-0.3, -0.25) is 19.2 Å². The van der Waals surface area contributed by atoms with Gasteiger partial charge in [0.05, 0.1) is 22.4 Å². The molecule has 4 aromatic rings. The quantitative estimate of drug-likeness (QED) is 0.440. The van der Waals surface area contributed by atoms with E-state index in [-0.39, 0.29) is 17.5 Å². The monoisotopic (exact) mass is 445 g/mol. The van der Waals surface area contributed by atoms with Crippen LogP contribution in [0.3, 0.4) is 0 Å². The lowest BCUT2D eigenvalue weighted by Gasteiger charge is -2.07. The van der Waals surface area contributed by atoms with E-state index in [2.05, 4.69) is 30.2 Å². The fourth-order valence-corrected chi connectivity index (χ4v) is 4.01. The summed E-state index contributed by atoms with van der Waals surface area (Å²) < 4.78 is 3.51. The number of anilines is 1. The Morgan fingerprint density at radius 1 is 1.06 bits per heavy atom. The lowest BCUT2D eigenvalue weighted by molar-refractivity contribution is -0.118. The van der Waals surface area contributed by atoms with Gasteiger partial charge < -0.3 is 4.98 Å². The number of aryl methyl sites for hydroxylation is 2. The molecule has 0 aliphatic heterocycles. The summed E-state index contributed by atoms with van der Waals surface area (Å²) in [6.45, 7) is 10.6. The highest BCUT2D eigenvalue weighted by molar-refractivity contribution is 5.92. The second kappa shape index (κ2) is 8.73. The predicted octanol–water partition coefficient (Wildman–Crippen LogP) is 4.96. The molecule has 2 aromatic heterocycles. The maximum Gasteiger partial charge on any atom is 0.328 e. The summed E-state index contributed by atoms with van der Waals surface area (Å²) >= 11 is 0. The maximum atomic E-state index is 12.8. The van der Waals surface area contributed by atoms with Crippen molar-refractivity contribution in [1.29, 1.82) is 0 Å². The largest absolute Gasteiger partial charge is 0.328 e. The first-order valence-electron chi connectivity index (χ1n) is 11.3. The summed E-state index contributed by atoms with van der Waals surface area (Å²) in [6, 6.07) is 14.1. The van der Waals surface area contributed by atoms with Crippen LogP contribution in [0.1, 0.15) is 33.3 Å². The molecule has 0 aliphatic rings. The zero-order valence-electron chi connectivity index (χ0n) is 20.1. The highest BCUT2D eigenvalue weighted by Crippen LogP contribution is 2.33. The van der Waals surface area contributed by atoms with E-state index in [0.717, 1.165) is 39.1 Å². The molecule has 0 unspecified atom stereocenters. The Morgan fingerprint density at radius 3 is 2.48 bits per heavy atom. The molecule has 33 heavy (non-hydrogen) atoms. The zero-order valence-corrected chi connectivity index (χ0v) is 20.1. The number of imidazole rings is 2. The summed E-state index contributed by atoms with van der Waals surface area (Å²) in [5.74, 6) is 0.509. The van der Waals surface area contributed by atoms with E-state index < -0.39 is 0 Å². The Hall–Kier alpha value is -3.61. The number of hydrogen-bond donors (Lipinski definition) is 2. The molecule has 2 N–H and O–H groups in total. The smallest absolute Gasteiger partial charge is 0.323 e. The number of amides is 1. The van der Waals surface area contributed by atoms with Crippen LogP contribution in [0.2, 0.25) is 0 Å². The first-order valence-corrected chi connectivity index (χ1v) is 11.3. The van der Waals surface area contributed by atoms with Gasteiger partial charge in [-0.1, -0.05) is 57.5 Å². The number of aromatic nitrogens is 4. The Labute approximate surface area is 193 Å². The molecular weight excluding hydrogens is 414 g/mol. The average Bonchev–Trinajstić information content (AvgIpc) is 3.28. The van der Waals surface area contributed by atoms with E-state index in [4.69, 9.17) is 4.98 Å². The standard InChI is InChI=1S/C26H31N5O2/c1-15(2)14-31-20-11-10-19(13-21(20)30(6)26(31)33)23-22(18-9-7-8-17(5)12-18)27-25(28-23)29-24(32)16(3)4/h7-13,15-16H,14H2,1-6H3,(H2,27,28,29,32). The lowest BCUT2D eigenvalue weighted by atomic mass is 10.0. The van der Waals surface area contributed by atoms with Crippen molar-refractivity contribution in [3.05, 3.63) is 58.5 Å². The number of carbonyl (C=O) groups is 1. The van der Waals surface area contributed by atoms with Crippen LogP contribution in [-0.2, 0) is 18.4 Å². The van der Waals surface area contributed by atoms with Crippen LogP contribution in [0.15, 0.2) is 47.3 Å². The maximum absolute atomic E-state index is 12.8. The number of aromatic amines is 1. The van der Waals surface area contributed by atoms with Crippen molar-refractivity contribution in [1.82, 2.24) is 19.1 Å². The molecule has 2 aromatic carbocycles. The van der Waals surface area contributed by atoms with Crippen LogP contribution in [-0.4, -0.2) is 25.0 Å². The summed E-state index contributed by atoms with van der Waals surface area (Å²) in [5, 5.41) is 2.87. The number of H-pyrrole nitrogens is 1. The van der Waals surface area contributed by atoms with Gasteiger partial charge in [0.2, 0.25) is 11.9 Å². The Kier molecular flexibility index (Phi) is 5.97. The molecule has 0 saturated carbocycles. The number of nitrogens with zero attached hydrogens (tertiary/aromatic N) is 3. The second-order valence-corrected chi connectivity index (χ2v) is 9.37. The van der Waals surface area contributed by atoms with Crippen LogP contribution in [0.5, 0.6) is 0 Å². The molecule has 0 atom stereocenters. The molecule has 0 fully saturated rings. The van der Waals surface area contributed by atoms with Gasteiger partial charge in [0.1, 0.15) is 0 Å². The van der Waals surface area contributed by atoms with Gasteiger partial charge in [-0.25, -0.2) is 9.78 Å². The molecule has 0 aliphatic carbocycles. The first-order chi connectivity index (χ1) is 15.7. The number of rotatable bonds is 6. The van der Waals surface area contributed by atoms with Gasteiger partial charge in [0.25, 0.3) is 0 Å². The molecule has 4 rings (SSSR count). The Bertz CT molecular complexity index is 1390. The summed E-state index contributed by atoms with van der Waals surface area (Å²) in [4.78, 5) is 33.2. The molecule has 0 saturated heterocycles. The number of nitrogens with one attached hydrogen (secondary N) is 2.